The highest BCUT2D eigenvalue weighted by Crippen LogP contribution is 2.29. The van der Waals surface area contributed by atoms with Crippen molar-refractivity contribution in [2.24, 2.45) is 5.92 Å². The molecule has 1 aromatic carbocycles. The van der Waals surface area contributed by atoms with Crippen LogP contribution in [0.5, 0.6) is 0 Å². The number of nitrogens with zero attached hydrogens (tertiary/aromatic N) is 4. The predicted molar refractivity (Wildman–Crippen MR) is 129 cm³/mol. The number of hydrogen-bond donors (Lipinski definition) is 2. The molecule has 4 aromatic rings. The van der Waals surface area contributed by atoms with Gasteiger partial charge in [-0.25, -0.2) is 23.4 Å². The first-order valence-corrected chi connectivity index (χ1v) is 11.2. The van der Waals surface area contributed by atoms with E-state index in [0.29, 0.717) is 23.6 Å². The molecule has 0 atom stereocenters. The Kier molecular flexibility index (Phi) is 7.49. The van der Waals surface area contributed by atoms with Crippen LogP contribution in [0, 0.1) is 12.8 Å². The lowest BCUT2D eigenvalue weighted by atomic mass is 10.2. The molecular weight excluding hydrogens is 454 g/mol. The lowest BCUT2D eigenvalue weighted by Crippen LogP contribution is -2.04. The molecule has 1 aliphatic carbocycles. The Morgan fingerprint density at radius 2 is 2.00 bits per heavy atom. The normalized spacial score (nSPS) is 12.7. The van der Waals surface area contributed by atoms with Gasteiger partial charge in [-0.15, -0.1) is 0 Å². The Labute approximate surface area is 201 Å². The fraction of sp³-hybridized carbons (Fsp3) is 0.280. The minimum Gasteiger partial charge on any atom is -0.444 e. The average Bonchev–Trinajstić information content (AvgIpc) is 3.39. The number of oxazole rings is 1. The van der Waals surface area contributed by atoms with Crippen LogP contribution in [0.1, 0.15) is 41.0 Å². The summed E-state index contributed by atoms with van der Waals surface area (Å²) in [6.07, 6.45) is 5.30. The van der Waals surface area contributed by atoms with Crippen LogP contribution in [0.3, 0.4) is 0 Å². The summed E-state index contributed by atoms with van der Waals surface area (Å²) in [5.41, 5.74) is 3.11. The third-order valence-electron chi connectivity index (χ3n) is 5.44. The Morgan fingerprint density at radius 3 is 2.60 bits per heavy atom. The van der Waals surface area contributed by atoms with Crippen molar-refractivity contribution in [3.8, 4) is 17.1 Å². The van der Waals surface area contributed by atoms with Crippen molar-refractivity contribution in [2.45, 2.75) is 26.2 Å². The second kappa shape index (κ2) is 10.9. The zero-order valence-corrected chi connectivity index (χ0v) is 19.4. The summed E-state index contributed by atoms with van der Waals surface area (Å²) in [6.45, 7) is 2.93. The lowest BCUT2D eigenvalue weighted by molar-refractivity contribution is 0.111. The van der Waals surface area contributed by atoms with Gasteiger partial charge in [0, 0.05) is 25.4 Å². The molecule has 5 rings (SSSR count). The number of aldehydes is 1. The Bertz CT molecular complexity index is 1270. The largest absolute Gasteiger partial charge is 0.444 e. The first kappa shape index (κ1) is 24.1. The second-order valence-electron chi connectivity index (χ2n) is 8.21. The predicted octanol–water partition coefficient (Wildman–Crippen LogP) is 5.53. The third kappa shape index (κ3) is 6.28. The highest BCUT2D eigenvalue weighted by Gasteiger charge is 2.21. The van der Waals surface area contributed by atoms with Crippen molar-refractivity contribution >= 4 is 17.8 Å². The Morgan fingerprint density at radius 1 is 1.23 bits per heavy atom. The van der Waals surface area contributed by atoms with Crippen molar-refractivity contribution in [2.75, 3.05) is 24.2 Å². The fourth-order valence-corrected chi connectivity index (χ4v) is 3.27. The number of anilines is 2. The third-order valence-corrected chi connectivity index (χ3v) is 5.44. The molecule has 0 radical (unpaired) electrons. The van der Waals surface area contributed by atoms with E-state index in [0.717, 1.165) is 35.1 Å². The number of halogens is 2. The van der Waals surface area contributed by atoms with Crippen molar-refractivity contribution in [1.29, 1.82) is 0 Å². The number of rotatable bonds is 8. The van der Waals surface area contributed by atoms with Gasteiger partial charge in [0.2, 0.25) is 5.89 Å². The first-order chi connectivity index (χ1) is 17.0. The number of benzene rings is 1. The summed E-state index contributed by atoms with van der Waals surface area (Å²) >= 11 is 0. The van der Waals surface area contributed by atoms with Crippen molar-refractivity contribution in [3.63, 3.8) is 0 Å². The molecule has 3 aromatic heterocycles. The van der Waals surface area contributed by atoms with Gasteiger partial charge in [-0.3, -0.25) is 4.79 Å². The lowest BCUT2D eigenvalue weighted by Gasteiger charge is -2.04. The van der Waals surface area contributed by atoms with Crippen LogP contribution < -0.4 is 10.6 Å². The molecule has 10 heteroatoms. The zero-order chi connectivity index (χ0) is 24.8. The Balaban J connectivity index is 0.000000165. The van der Waals surface area contributed by atoms with Gasteiger partial charge in [-0.2, -0.15) is 5.10 Å². The van der Waals surface area contributed by atoms with E-state index in [2.05, 4.69) is 25.7 Å². The van der Waals surface area contributed by atoms with Gasteiger partial charge in [0.15, 0.2) is 12.0 Å². The van der Waals surface area contributed by atoms with Crippen molar-refractivity contribution < 1.29 is 18.0 Å². The van der Waals surface area contributed by atoms with E-state index < -0.39 is 6.43 Å². The highest BCUT2D eigenvalue weighted by atomic mass is 19.3. The van der Waals surface area contributed by atoms with E-state index in [4.69, 9.17) is 4.42 Å². The van der Waals surface area contributed by atoms with Crippen LogP contribution in [0.15, 0.2) is 59.5 Å². The van der Waals surface area contributed by atoms with Gasteiger partial charge in [0.25, 0.3) is 6.43 Å². The van der Waals surface area contributed by atoms with Gasteiger partial charge in [0.1, 0.15) is 17.8 Å². The number of carbonyl (C=O) groups is 1. The van der Waals surface area contributed by atoms with E-state index in [9.17, 15) is 13.6 Å². The molecule has 0 aliphatic heterocycles. The summed E-state index contributed by atoms with van der Waals surface area (Å²) in [6, 6.07) is 11.2. The Hall–Kier alpha value is -4.08. The molecule has 2 N–H and O–H groups in total. The molecule has 182 valence electrons. The van der Waals surface area contributed by atoms with E-state index >= 15 is 0 Å². The quantitative estimate of drug-likeness (QED) is 0.320. The van der Waals surface area contributed by atoms with Crippen LogP contribution in [0.4, 0.5) is 20.3 Å². The van der Waals surface area contributed by atoms with Crippen LogP contribution in [0.2, 0.25) is 0 Å². The monoisotopic (exact) mass is 480 g/mol. The van der Waals surface area contributed by atoms with E-state index in [1.54, 1.807) is 19.4 Å². The molecule has 0 spiro atoms. The molecule has 0 bridgehead atoms. The van der Waals surface area contributed by atoms with Crippen molar-refractivity contribution in [3.05, 3.63) is 72.0 Å². The molecule has 1 fully saturated rings. The molecule has 1 aliphatic rings. The van der Waals surface area contributed by atoms with E-state index in [-0.39, 0.29) is 5.69 Å². The minimum absolute atomic E-state index is 0.229. The average molecular weight is 481 g/mol. The highest BCUT2D eigenvalue weighted by molar-refractivity contribution is 5.72. The van der Waals surface area contributed by atoms with Gasteiger partial charge >= 0.3 is 0 Å². The van der Waals surface area contributed by atoms with Gasteiger partial charge in [-0.05, 0) is 49.9 Å². The SMILES string of the molecule is CNc1cn(-c2ccc(C)cc2)nc1C(F)F.O=Cc1coc(-c2ccnc(NCC3CC3)c2)n1. The van der Waals surface area contributed by atoms with Gasteiger partial charge in [-0.1, -0.05) is 17.7 Å². The smallest absolute Gasteiger partial charge is 0.284 e. The fourth-order valence-electron chi connectivity index (χ4n) is 3.27. The number of hydrogen-bond acceptors (Lipinski definition) is 7. The summed E-state index contributed by atoms with van der Waals surface area (Å²) in [7, 11) is 1.60. The number of nitrogens with one attached hydrogen (secondary N) is 2. The van der Waals surface area contributed by atoms with Crippen molar-refractivity contribution in [1.82, 2.24) is 19.7 Å². The molecule has 8 nitrogen and oxygen atoms in total. The molecule has 3 heterocycles. The van der Waals surface area contributed by atoms with Gasteiger partial charge in [0.05, 0.1) is 17.6 Å². The molecule has 0 amide bonds. The second-order valence-corrected chi connectivity index (χ2v) is 8.21. The number of aryl methyl sites for hydroxylation is 1. The maximum absolute atomic E-state index is 12.7. The molecule has 35 heavy (non-hydrogen) atoms. The number of pyridine rings is 1. The maximum Gasteiger partial charge on any atom is 0.284 e. The summed E-state index contributed by atoms with van der Waals surface area (Å²) in [5.74, 6) is 2.04. The molecule has 1 saturated carbocycles. The first-order valence-electron chi connectivity index (χ1n) is 11.2. The van der Waals surface area contributed by atoms with Crippen LogP contribution >= 0.6 is 0 Å². The van der Waals surface area contributed by atoms with E-state index in [1.807, 2.05) is 43.3 Å². The number of aromatic nitrogens is 4. The van der Waals surface area contributed by atoms with Crippen LogP contribution in [0.25, 0.3) is 17.1 Å². The molecular formula is C25H26F2N6O2. The topological polar surface area (TPSA) is 97.9 Å². The summed E-state index contributed by atoms with van der Waals surface area (Å²) < 4.78 is 32.1. The van der Waals surface area contributed by atoms with Crippen LogP contribution in [-0.2, 0) is 0 Å². The summed E-state index contributed by atoms with van der Waals surface area (Å²) in [5, 5.41) is 9.89. The maximum atomic E-state index is 12.7. The van der Waals surface area contributed by atoms with Crippen LogP contribution in [-0.4, -0.2) is 39.6 Å². The summed E-state index contributed by atoms with van der Waals surface area (Å²) in [4.78, 5) is 18.9. The standard InChI is InChI=1S/C13H13N3O2.C12H13F2N3/c17-7-11-8-18-13(16-11)10-3-4-14-12(5-10)15-6-9-1-2-9;1-8-3-5-9(6-4-8)17-7-10(15-2)11(16-17)12(13)14/h3-5,7-9H,1-2,6H2,(H,14,15);3-7,12,15H,1-2H3. The van der Waals surface area contributed by atoms with E-state index in [1.165, 1.54) is 23.8 Å². The zero-order valence-electron chi connectivity index (χ0n) is 19.4. The number of alkyl halides is 2. The molecule has 0 unspecified atom stereocenters. The number of carbonyl (C=O) groups excluding carboxylic acids is 1. The van der Waals surface area contributed by atoms with Gasteiger partial charge < -0.3 is 15.1 Å². The minimum atomic E-state index is -2.58. The molecule has 0 saturated heterocycles.